The molecular weight excluding hydrogens is 318 g/mol. The van der Waals surface area contributed by atoms with Gasteiger partial charge in [-0.3, -0.25) is 14.6 Å². The van der Waals surface area contributed by atoms with Crippen molar-refractivity contribution >= 4 is 11.8 Å². The average Bonchev–Trinajstić information content (AvgIpc) is 2.62. The first-order valence-corrected chi connectivity index (χ1v) is 8.20. The van der Waals surface area contributed by atoms with E-state index in [0.717, 1.165) is 11.3 Å². The van der Waals surface area contributed by atoms with Gasteiger partial charge in [0.25, 0.3) is 11.8 Å². The lowest BCUT2D eigenvalue weighted by Crippen LogP contribution is -2.58. The fraction of sp³-hybridized carbons (Fsp3) is 0.316. The molecular formula is C19H21N3O3. The molecule has 1 fully saturated rings. The first kappa shape index (κ1) is 17.1. The number of benzene rings is 1. The Kier molecular flexibility index (Phi) is 4.81. The number of carbonyl (C=O) groups excluding carboxylic acids is 2. The van der Waals surface area contributed by atoms with Gasteiger partial charge in [-0.05, 0) is 24.6 Å². The zero-order valence-electron chi connectivity index (χ0n) is 14.1. The summed E-state index contributed by atoms with van der Waals surface area (Å²) >= 11 is 0. The second-order valence-electron chi connectivity index (χ2n) is 6.37. The maximum Gasteiger partial charge on any atom is 0.254 e. The lowest BCUT2D eigenvalue weighted by molar-refractivity contribution is -0.150. The fourth-order valence-electron chi connectivity index (χ4n) is 2.89. The molecule has 3 rings (SSSR count). The van der Waals surface area contributed by atoms with Gasteiger partial charge < -0.3 is 15.4 Å². The molecule has 1 aromatic carbocycles. The smallest absolute Gasteiger partial charge is 0.254 e. The SMILES string of the molecule is C[C@]1(C(N)=O)CN(C(=O)c2ccnc(Cc3ccccc3)c2)CCO1. The summed E-state index contributed by atoms with van der Waals surface area (Å²) in [4.78, 5) is 30.3. The molecule has 130 valence electrons. The second kappa shape index (κ2) is 7.03. The summed E-state index contributed by atoms with van der Waals surface area (Å²) in [5.41, 5.74) is 6.76. The van der Waals surface area contributed by atoms with Crippen molar-refractivity contribution in [2.75, 3.05) is 19.7 Å². The lowest BCUT2D eigenvalue weighted by atomic mass is 10.0. The molecule has 0 bridgehead atoms. The first-order chi connectivity index (χ1) is 12.0. The molecule has 2 aromatic rings. The van der Waals surface area contributed by atoms with Crippen LogP contribution < -0.4 is 5.73 Å². The molecule has 1 atom stereocenters. The third kappa shape index (κ3) is 3.85. The topological polar surface area (TPSA) is 85.5 Å². The molecule has 0 unspecified atom stereocenters. The molecule has 1 aliphatic rings. The summed E-state index contributed by atoms with van der Waals surface area (Å²) in [6.45, 7) is 2.48. The zero-order chi connectivity index (χ0) is 17.9. The van der Waals surface area contributed by atoms with Crippen LogP contribution in [0.3, 0.4) is 0 Å². The number of ether oxygens (including phenoxy) is 1. The third-order valence-electron chi connectivity index (χ3n) is 4.37. The van der Waals surface area contributed by atoms with Crippen molar-refractivity contribution in [3.05, 3.63) is 65.5 Å². The normalized spacial score (nSPS) is 20.3. The zero-order valence-corrected chi connectivity index (χ0v) is 14.1. The predicted octanol–water partition coefficient (Wildman–Crippen LogP) is 1.39. The molecule has 0 aliphatic carbocycles. The molecule has 0 spiro atoms. The van der Waals surface area contributed by atoms with Crippen LogP contribution in [-0.2, 0) is 16.0 Å². The first-order valence-electron chi connectivity index (χ1n) is 8.20. The van der Waals surface area contributed by atoms with Gasteiger partial charge in [0.05, 0.1) is 13.2 Å². The molecule has 6 heteroatoms. The van der Waals surface area contributed by atoms with Crippen molar-refractivity contribution < 1.29 is 14.3 Å². The van der Waals surface area contributed by atoms with Crippen LogP contribution in [0.2, 0.25) is 0 Å². The van der Waals surface area contributed by atoms with Crippen LogP contribution >= 0.6 is 0 Å². The van der Waals surface area contributed by atoms with E-state index in [9.17, 15) is 9.59 Å². The molecule has 25 heavy (non-hydrogen) atoms. The van der Waals surface area contributed by atoms with Crippen molar-refractivity contribution in [1.82, 2.24) is 9.88 Å². The Hall–Kier alpha value is -2.73. The van der Waals surface area contributed by atoms with Crippen LogP contribution in [0.1, 0.15) is 28.5 Å². The highest BCUT2D eigenvalue weighted by atomic mass is 16.5. The maximum absolute atomic E-state index is 12.8. The van der Waals surface area contributed by atoms with E-state index in [1.165, 1.54) is 0 Å². The molecule has 1 saturated heterocycles. The largest absolute Gasteiger partial charge is 0.367 e. The highest BCUT2D eigenvalue weighted by molar-refractivity contribution is 5.95. The average molecular weight is 339 g/mol. The van der Waals surface area contributed by atoms with Gasteiger partial charge in [0.2, 0.25) is 0 Å². The lowest BCUT2D eigenvalue weighted by Gasteiger charge is -2.38. The van der Waals surface area contributed by atoms with Crippen molar-refractivity contribution in [3.63, 3.8) is 0 Å². The van der Waals surface area contributed by atoms with Crippen LogP contribution in [0.25, 0.3) is 0 Å². The van der Waals surface area contributed by atoms with E-state index in [-0.39, 0.29) is 19.1 Å². The van der Waals surface area contributed by atoms with E-state index in [4.69, 9.17) is 10.5 Å². The summed E-state index contributed by atoms with van der Waals surface area (Å²) < 4.78 is 5.47. The van der Waals surface area contributed by atoms with Crippen molar-refractivity contribution in [2.45, 2.75) is 18.9 Å². The minimum absolute atomic E-state index is 0.146. The van der Waals surface area contributed by atoms with E-state index >= 15 is 0 Å². The number of rotatable bonds is 4. The van der Waals surface area contributed by atoms with Crippen LogP contribution in [0.5, 0.6) is 0 Å². The molecule has 0 radical (unpaired) electrons. The summed E-state index contributed by atoms with van der Waals surface area (Å²) in [7, 11) is 0. The molecule has 1 aromatic heterocycles. The number of hydrogen-bond acceptors (Lipinski definition) is 4. The summed E-state index contributed by atoms with van der Waals surface area (Å²) in [5.74, 6) is -0.711. The number of hydrogen-bond donors (Lipinski definition) is 1. The van der Waals surface area contributed by atoms with Crippen LogP contribution in [0.15, 0.2) is 48.7 Å². The molecule has 0 saturated carbocycles. The van der Waals surface area contributed by atoms with Gasteiger partial charge in [0.1, 0.15) is 0 Å². The van der Waals surface area contributed by atoms with Gasteiger partial charge >= 0.3 is 0 Å². The minimum atomic E-state index is -1.15. The van der Waals surface area contributed by atoms with Gasteiger partial charge in [-0.15, -0.1) is 0 Å². The molecule has 2 amide bonds. The Labute approximate surface area is 146 Å². The Morgan fingerprint density at radius 3 is 2.76 bits per heavy atom. The van der Waals surface area contributed by atoms with Gasteiger partial charge in [-0.1, -0.05) is 30.3 Å². The quantitative estimate of drug-likeness (QED) is 0.912. The number of primary amides is 1. The number of morpholine rings is 1. The summed E-state index contributed by atoms with van der Waals surface area (Å²) in [6.07, 6.45) is 2.29. The summed E-state index contributed by atoms with van der Waals surface area (Å²) in [5, 5.41) is 0. The molecule has 1 aliphatic heterocycles. The maximum atomic E-state index is 12.8. The Bertz CT molecular complexity index is 778. The predicted molar refractivity (Wildman–Crippen MR) is 92.9 cm³/mol. The van der Waals surface area contributed by atoms with Crippen molar-refractivity contribution in [2.24, 2.45) is 5.73 Å². The van der Waals surface area contributed by atoms with Gasteiger partial charge in [-0.25, -0.2) is 0 Å². The fourth-order valence-corrected chi connectivity index (χ4v) is 2.89. The van der Waals surface area contributed by atoms with E-state index in [0.29, 0.717) is 18.5 Å². The molecule has 2 N–H and O–H groups in total. The highest BCUT2D eigenvalue weighted by Gasteiger charge is 2.39. The Morgan fingerprint density at radius 1 is 1.28 bits per heavy atom. The number of carbonyl (C=O) groups is 2. The number of pyridine rings is 1. The minimum Gasteiger partial charge on any atom is -0.367 e. The third-order valence-corrected chi connectivity index (χ3v) is 4.37. The van der Waals surface area contributed by atoms with E-state index < -0.39 is 11.5 Å². The van der Waals surface area contributed by atoms with Crippen LogP contribution in [0.4, 0.5) is 0 Å². The Balaban J connectivity index is 1.76. The van der Waals surface area contributed by atoms with E-state index in [1.54, 1.807) is 30.2 Å². The number of aromatic nitrogens is 1. The van der Waals surface area contributed by atoms with Gasteiger partial charge in [0, 0.05) is 30.4 Å². The van der Waals surface area contributed by atoms with E-state index in [2.05, 4.69) is 4.98 Å². The number of nitrogens with zero attached hydrogens (tertiary/aromatic N) is 2. The molecule has 2 heterocycles. The van der Waals surface area contributed by atoms with Crippen LogP contribution in [0, 0.1) is 0 Å². The highest BCUT2D eigenvalue weighted by Crippen LogP contribution is 2.19. The van der Waals surface area contributed by atoms with Gasteiger partial charge in [-0.2, -0.15) is 0 Å². The monoisotopic (exact) mass is 339 g/mol. The summed E-state index contributed by atoms with van der Waals surface area (Å²) in [6, 6.07) is 13.4. The number of nitrogens with two attached hydrogens (primary N) is 1. The van der Waals surface area contributed by atoms with E-state index in [1.807, 2.05) is 30.3 Å². The van der Waals surface area contributed by atoms with Gasteiger partial charge in [0.15, 0.2) is 5.60 Å². The van der Waals surface area contributed by atoms with Crippen molar-refractivity contribution in [3.8, 4) is 0 Å². The number of amides is 2. The Morgan fingerprint density at radius 2 is 2.04 bits per heavy atom. The van der Waals surface area contributed by atoms with Crippen molar-refractivity contribution in [1.29, 1.82) is 0 Å². The van der Waals surface area contributed by atoms with Crippen LogP contribution in [-0.4, -0.2) is 47.0 Å². The standard InChI is InChI=1S/C19H21N3O3/c1-19(18(20)24)13-22(9-10-25-19)17(23)15-7-8-21-16(12-15)11-14-5-3-2-4-6-14/h2-8,12H,9-11,13H2,1H3,(H2,20,24)/t19-/m1/s1. The second-order valence-corrected chi connectivity index (χ2v) is 6.37. The molecule has 6 nitrogen and oxygen atoms in total.